The fraction of sp³-hybridized carbons (Fsp3) is 0.417. The minimum Gasteiger partial charge on any atom is -0.494 e. The Morgan fingerprint density at radius 2 is 2.12 bits per heavy atom. The van der Waals surface area contributed by atoms with E-state index in [2.05, 4.69) is 10.0 Å². The number of benzene rings is 1. The third-order valence-electron chi connectivity index (χ3n) is 2.21. The Kier molecular flexibility index (Phi) is 5.61. The van der Waals surface area contributed by atoms with Crippen molar-refractivity contribution >= 4 is 5.78 Å². The summed E-state index contributed by atoms with van der Waals surface area (Å²) in [7, 11) is 0. The molecule has 1 aromatic rings. The zero-order valence-corrected chi connectivity index (χ0v) is 9.80. The first-order chi connectivity index (χ1) is 8.27. The van der Waals surface area contributed by atoms with E-state index in [0.717, 1.165) is 5.75 Å². The first-order valence-corrected chi connectivity index (χ1v) is 5.55. The highest BCUT2D eigenvalue weighted by atomic mass is 16.5. The largest absolute Gasteiger partial charge is 0.494 e. The van der Waals surface area contributed by atoms with Crippen LogP contribution in [0.3, 0.4) is 0 Å². The van der Waals surface area contributed by atoms with Crippen molar-refractivity contribution in [2.24, 2.45) is 5.11 Å². The van der Waals surface area contributed by atoms with E-state index >= 15 is 0 Å². The number of Topliss-reactive ketones (excluding diaryl/α,β-unsaturated/α-hetero) is 1. The van der Waals surface area contributed by atoms with Gasteiger partial charge in [-0.25, -0.2) is 0 Å². The van der Waals surface area contributed by atoms with E-state index in [-0.39, 0.29) is 5.78 Å². The van der Waals surface area contributed by atoms with Crippen molar-refractivity contribution in [1.29, 1.82) is 0 Å². The maximum Gasteiger partial charge on any atom is 0.162 e. The Labute approximate surface area is 100 Å². The van der Waals surface area contributed by atoms with Gasteiger partial charge in [0.1, 0.15) is 5.75 Å². The molecule has 0 aromatic heterocycles. The minimum absolute atomic E-state index is 0.0567. The third-order valence-corrected chi connectivity index (χ3v) is 2.21. The van der Waals surface area contributed by atoms with Gasteiger partial charge in [0.2, 0.25) is 0 Å². The molecule has 0 amide bonds. The van der Waals surface area contributed by atoms with Gasteiger partial charge in [0.15, 0.2) is 5.78 Å². The first-order valence-electron chi connectivity index (χ1n) is 5.55. The molecule has 0 spiro atoms. The predicted molar refractivity (Wildman–Crippen MR) is 65.2 cm³/mol. The molecule has 0 atom stereocenters. The van der Waals surface area contributed by atoms with Crippen molar-refractivity contribution < 1.29 is 9.53 Å². The molecule has 5 heteroatoms. The Morgan fingerprint density at radius 1 is 1.41 bits per heavy atom. The molecular formula is C12H15N3O2. The standard InChI is InChI=1S/C12H15N3O2/c1-2-17-11-7-5-10(6-8-11)12(16)4-3-9-14-15-13/h5-8H,2-4,9H2,1H3. The van der Waals surface area contributed by atoms with E-state index < -0.39 is 0 Å². The van der Waals surface area contributed by atoms with Crippen LogP contribution in [0.15, 0.2) is 29.4 Å². The summed E-state index contributed by atoms with van der Waals surface area (Å²) < 4.78 is 5.29. The molecule has 0 bridgehead atoms. The van der Waals surface area contributed by atoms with E-state index in [1.807, 2.05) is 6.92 Å². The van der Waals surface area contributed by atoms with Crippen molar-refractivity contribution in [3.05, 3.63) is 40.3 Å². The summed E-state index contributed by atoms with van der Waals surface area (Å²) >= 11 is 0. The molecule has 0 N–H and O–H groups in total. The van der Waals surface area contributed by atoms with Gasteiger partial charge in [0.25, 0.3) is 0 Å². The number of nitrogens with zero attached hydrogens (tertiary/aromatic N) is 3. The first kappa shape index (κ1) is 13.1. The van der Waals surface area contributed by atoms with Crippen LogP contribution in [0.1, 0.15) is 30.1 Å². The number of hydrogen-bond acceptors (Lipinski definition) is 3. The predicted octanol–water partition coefficient (Wildman–Crippen LogP) is 3.36. The third kappa shape index (κ3) is 4.57. The van der Waals surface area contributed by atoms with Crippen LogP contribution >= 0.6 is 0 Å². The lowest BCUT2D eigenvalue weighted by Crippen LogP contribution is -2.00. The Hall–Kier alpha value is -2.00. The van der Waals surface area contributed by atoms with Crippen LogP contribution in [0.4, 0.5) is 0 Å². The van der Waals surface area contributed by atoms with Gasteiger partial charge < -0.3 is 4.74 Å². The summed E-state index contributed by atoms with van der Waals surface area (Å²) in [5.74, 6) is 0.819. The van der Waals surface area contributed by atoms with Crippen molar-refractivity contribution in [2.75, 3.05) is 13.2 Å². The van der Waals surface area contributed by atoms with Gasteiger partial charge >= 0.3 is 0 Å². The highest BCUT2D eigenvalue weighted by molar-refractivity contribution is 5.96. The lowest BCUT2D eigenvalue weighted by molar-refractivity contribution is 0.0981. The highest BCUT2D eigenvalue weighted by Crippen LogP contribution is 2.13. The number of azide groups is 1. The van der Waals surface area contributed by atoms with Gasteiger partial charge in [0.05, 0.1) is 6.61 Å². The molecule has 0 radical (unpaired) electrons. The summed E-state index contributed by atoms with van der Waals surface area (Å²) in [6.45, 7) is 2.88. The molecule has 0 aliphatic rings. The molecule has 0 fully saturated rings. The molecular weight excluding hydrogens is 218 g/mol. The number of carbonyl (C=O) groups is 1. The summed E-state index contributed by atoms with van der Waals surface area (Å²) in [6, 6.07) is 7.07. The molecule has 0 saturated heterocycles. The fourth-order valence-electron chi connectivity index (χ4n) is 1.40. The molecule has 17 heavy (non-hydrogen) atoms. The van der Waals surface area contributed by atoms with E-state index in [4.69, 9.17) is 10.3 Å². The minimum atomic E-state index is 0.0567. The van der Waals surface area contributed by atoms with E-state index in [1.165, 1.54) is 0 Å². The Balaban J connectivity index is 2.48. The van der Waals surface area contributed by atoms with Crippen LogP contribution in [0.25, 0.3) is 10.4 Å². The van der Waals surface area contributed by atoms with Crippen LogP contribution in [0, 0.1) is 0 Å². The van der Waals surface area contributed by atoms with E-state index in [9.17, 15) is 4.79 Å². The Bertz CT molecular complexity index is 408. The second-order valence-corrected chi connectivity index (χ2v) is 3.44. The molecule has 0 aliphatic carbocycles. The zero-order valence-electron chi connectivity index (χ0n) is 9.80. The summed E-state index contributed by atoms with van der Waals surface area (Å²) in [5, 5.41) is 3.38. The second kappa shape index (κ2) is 7.30. The van der Waals surface area contributed by atoms with Crippen molar-refractivity contribution in [3.8, 4) is 5.75 Å². The van der Waals surface area contributed by atoms with Gasteiger partial charge in [-0.1, -0.05) is 5.11 Å². The maximum absolute atomic E-state index is 11.7. The number of ether oxygens (including phenoxy) is 1. The molecule has 1 rings (SSSR count). The Morgan fingerprint density at radius 3 is 2.71 bits per heavy atom. The molecule has 1 aromatic carbocycles. The summed E-state index contributed by atoms with van der Waals surface area (Å²) in [5.41, 5.74) is 8.75. The molecule has 0 aliphatic heterocycles. The maximum atomic E-state index is 11.7. The van der Waals surface area contributed by atoms with Crippen LogP contribution in [-0.2, 0) is 0 Å². The number of hydrogen-bond donors (Lipinski definition) is 0. The van der Waals surface area contributed by atoms with Crippen molar-refractivity contribution in [1.82, 2.24) is 0 Å². The van der Waals surface area contributed by atoms with Gasteiger partial charge in [0, 0.05) is 23.4 Å². The number of carbonyl (C=O) groups excluding carboxylic acids is 1. The average molecular weight is 233 g/mol. The molecule has 0 heterocycles. The zero-order chi connectivity index (χ0) is 12.5. The van der Waals surface area contributed by atoms with Crippen LogP contribution in [-0.4, -0.2) is 18.9 Å². The normalized spacial score (nSPS) is 9.47. The quantitative estimate of drug-likeness (QED) is 0.238. The topological polar surface area (TPSA) is 75.1 Å². The SMILES string of the molecule is CCOc1ccc(C(=O)CCCN=[N+]=[N-])cc1. The number of rotatable bonds is 7. The molecule has 0 unspecified atom stereocenters. The van der Waals surface area contributed by atoms with Gasteiger partial charge in [-0.05, 0) is 43.1 Å². The molecule has 5 nitrogen and oxygen atoms in total. The van der Waals surface area contributed by atoms with Crippen molar-refractivity contribution in [2.45, 2.75) is 19.8 Å². The fourth-order valence-corrected chi connectivity index (χ4v) is 1.40. The smallest absolute Gasteiger partial charge is 0.162 e. The highest BCUT2D eigenvalue weighted by Gasteiger charge is 2.05. The van der Waals surface area contributed by atoms with Crippen LogP contribution in [0.5, 0.6) is 5.75 Å². The monoisotopic (exact) mass is 233 g/mol. The van der Waals surface area contributed by atoms with Crippen molar-refractivity contribution in [3.63, 3.8) is 0 Å². The van der Waals surface area contributed by atoms with Gasteiger partial charge in [-0.15, -0.1) is 0 Å². The molecule has 0 saturated carbocycles. The second-order valence-electron chi connectivity index (χ2n) is 3.44. The average Bonchev–Trinajstić information content (AvgIpc) is 2.36. The summed E-state index contributed by atoms with van der Waals surface area (Å²) in [4.78, 5) is 14.3. The number of ketones is 1. The lowest BCUT2D eigenvalue weighted by atomic mass is 10.1. The summed E-state index contributed by atoms with van der Waals surface area (Å²) in [6.07, 6.45) is 0.975. The van der Waals surface area contributed by atoms with E-state index in [1.54, 1.807) is 24.3 Å². The molecule has 90 valence electrons. The lowest BCUT2D eigenvalue weighted by Gasteiger charge is -2.04. The van der Waals surface area contributed by atoms with Gasteiger partial charge in [-0.2, -0.15) is 0 Å². The van der Waals surface area contributed by atoms with Crippen LogP contribution < -0.4 is 4.74 Å². The van der Waals surface area contributed by atoms with Crippen LogP contribution in [0.2, 0.25) is 0 Å². The van der Waals surface area contributed by atoms with E-state index in [0.29, 0.717) is 31.6 Å². The van der Waals surface area contributed by atoms with Gasteiger partial charge in [-0.3, -0.25) is 4.79 Å².